The molecule has 0 bridgehead atoms. The second-order valence-corrected chi connectivity index (χ2v) is 3.93. The van der Waals surface area contributed by atoms with Crippen LogP contribution in [0.4, 0.5) is 0 Å². The maximum Gasteiger partial charge on any atom is 0.250 e. The van der Waals surface area contributed by atoms with Crippen molar-refractivity contribution >= 4 is 0 Å². The number of nitrogens with zero attached hydrogens (tertiary/aromatic N) is 4. The van der Waals surface area contributed by atoms with E-state index in [1.165, 1.54) is 5.56 Å². The summed E-state index contributed by atoms with van der Waals surface area (Å²) in [4.78, 5) is 8.46. The lowest BCUT2D eigenvalue weighted by Gasteiger charge is -2.01. The number of nitrogens with two attached hydrogens (primary N) is 1. The highest BCUT2D eigenvalue weighted by atomic mass is 15.3. The molecule has 2 aromatic heterocycles. The molecule has 0 aliphatic rings. The number of aromatic nitrogens is 4. The topological polar surface area (TPSA) is 69.6 Å². The molecule has 0 radical (unpaired) electrons. The highest BCUT2D eigenvalue weighted by Gasteiger charge is 2.06. The smallest absolute Gasteiger partial charge is 0.250 e. The van der Waals surface area contributed by atoms with Crippen molar-refractivity contribution in [2.24, 2.45) is 5.73 Å². The molecule has 5 nitrogen and oxygen atoms in total. The van der Waals surface area contributed by atoms with Crippen molar-refractivity contribution in [3.63, 3.8) is 0 Å². The van der Waals surface area contributed by atoms with Crippen molar-refractivity contribution in [2.75, 3.05) is 0 Å². The summed E-state index contributed by atoms with van der Waals surface area (Å²) in [6, 6.07) is 1.80. The summed E-state index contributed by atoms with van der Waals surface area (Å²) in [5.74, 6) is 1.02. The molecule has 2 N–H and O–H groups in total. The van der Waals surface area contributed by atoms with Gasteiger partial charge in [-0.3, -0.25) is 0 Å². The van der Waals surface area contributed by atoms with Gasteiger partial charge in [0.15, 0.2) is 0 Å². The minimum absolute atomic E-state index is 0.411. The molecule has 84 valence electrons. The second kappa shape index (κ2) is 4.40. The van der Waals surface area contributed by atoms with E-state index in [0.717, 1.165) is 5.69 Å². The molecule has 2 rings (SSSR count). The fourth-order valence-corrected chi connectivity index (χ4v) is 1.35. The average molecular weight is 217 g/mol. The molecule has 0 fully saturated rings. The number of hydrogen-bond acceptors (Lipinski definition) is 4. The lowest BCUT2D eigenvalue weighted by molar-refractivity contribution is 0.787. The first-order valence-electron chi connectivity index (χ1n) is 5.27. The van der Waals surface area contributed by atoms with Crippen LogP contribution in [0.5, 0.6) is 0 Å². The monoisotopic (exact) mass is 217 g/mol. The Balaban J connectivity index is 2.34. The van der Waals surface area contributed by atoms with Gasteiger partial charge >= 0.3 is 0 Å². The van der Waals surface area contributed by atoms with Crippen LogP contribution in [0.2, 0.25) is 0 Å². The Morgan fingerprint density at radius 3 is 2.88 bits per heavy atom. The van der Waals surface area contributed by atoms with Gasteiger partial charge in [0.25, 0.3) is 5.95 Å². The minimum atomic E-state index is 0.411. The van der Waals surface area contributed by atoms with Gasteiger partial charge in [0.1, 0.15) is 0 Å². The molecule has 2 heterocycles. The lowest BCUT2D eigenvalue weighted by Crippen LogP contribution is -2.06. The van der Waals surface area contributed by atoms with Gasteiger partial charge in [-0.05, 0) is 17.5 Å². The van der Waals surface area contributed by atoms with E-state index in [4.69, 9.17) is 5.73 Å². The summed E-state index contributed by atoms with van der Waals surface area (Å²) >= 11 is 0. The fraction of sp³-hybridized carbons (Fsp3) is 0.364. The van der Waals surface area contributed by atoms with Crippen LogP contribution in [-0.2, 0) is 6.54 Å². The molecule has 0 aliphatic carbocycles. The van der Waals surface area contributed by atoms with Crippen LogP contribution in [-0.4, -0.2) is 19.7 Å². The van der Waals surface area contributed by atoms with E-state index < -0.39 is 0 Å². The van der Waals surface area contributed by atoms with Crippen molar-refractivity contribution < 1.29 is 0 Å². The first-order valence-corrected chi connectivity index (χ1v) is 5.27. The second-order valence-electron chi connectivity index (χ2n) is 3.93. The highest BCUT2D eigenvalue weighted by molar-refractivity contribution is 5.18. The minimum Gasteiger partial charge on any atom is -0.325 e. The Bertz CT molecular complexity index is 475. The molecule has 16 heavy (non-hydrogen) atoms. The molecule has 0 unspecified atom stereocenters. The number of rotatable bonds is 3. The van der Waals surface area contributed by atoms with Gasteiger partial charge in [-0.2, -0.15) is 5.10 Å². The van der Waals surface area contributed by atoms with E-state index in [1.54, 1.807) is 16.9 Å². The zero-order valence-corrected chi connectivity index (χ0v) is 9.46. The SMILES string of the molecule is CC(C)c1cnn(-c2nccc(CN)n2)c1. The molecule has 0 amide bonds. The quantitative estimate of drug-likeness (QED) is 0.839. The third kappa shape index (κ3) is 2.09. The van der Waals surface area contributed by atoms with Gasteiger partial charge in [0.05, 0.1) is 11.9 Å². The van der Waals surface area contributed by atoms with E-state index in [9.17, 15) is 0 Å². The Labute approximate surface area is 94.3 Å². The molecular weight excluding hydrogens is 202 g/mol. The molecule has 0 aliphatic heterocycles. The van der Waals surface area contributed by atoms with Crippen LogP contribution in [0, 0.1) is 0 Å². The molecule has 0 saturated carbocycles. The van der Waals surface area contributed by atoms with E-state index >= 15 is 0 Å². The van der Waals surface area contributed by atoms with E-state index in [0.29, 0.717) is 18.4 Å². The molecule has 0 aromatic carbocycles. The third-order valence-electron chi connectivity index (χ3n) is 2.38. The third-order valence-corrected chi connectivity index (χ3v) is 2.38. The Morgan fingerprint density at radius 2 is 2.25 bits per heavy atom. The Kier molecular flexibility index (Phi) is 2.96. The molecule has 0 saturated heterocycles. The van der Waals surface area contributed by atoms with E-state index in [1.807, 2.05) is 12.4 Å². The van der Waals surface area contributed by atoms with Crippen LogP contribution in [0.25, 0.3) is 5.95 Å². The molecular formula is C11H15N5. The summed E-state index contributed by atoms with van der Waals surface area (Å²) in [7, 11) is 0. The van der Waals surface area contributed by atoms with Crippen molar-refractivity contribution in [3.8, 4) is 5.95 Å². The first kappa shape index (κ1) is 10.8. The molecule has 0 atom stereocenters. The van der Waals surface area contributed by atoms with Gasteiger partial charge in [-0.1, -0.05) is 13.8 Å². The van der Waals surface area contributed by atoms with Crippen LogP contribution < -0.4 is 5.73 Å². The maximum absolute atomic E-state index is 5.53. The summed E-state index contributed by atoms with van der Waals surface area (Å²) in [5.41, 5.74) is 7.51. The van der Waals surface area contributed by atoms with Gasteiger partial charge in [0, 0.05) is 18.9 Å². The Morgan fingerprint density at radius 1 is 1.44 bits per heavy atom. The standard InChI is InChI=1S/C11H15N5/c1-8(2)9-6-14-16(7-9)11-13-4-3-10(5-12)15-11/h3-4,6-8H,5,12H2,1-2H3. The van der Waals surface area contributed by atoms with Crippen LogP contribution in [0.3, 0.4) is 0 Å². The fourth-order valence-electron chi connectivity index (χ4n) is 1.35. The molecule has 2 aromatic rings. The summed E-state index contributed by atoms with van der Waals surface area (Å²) in [6.45, 7) is 4.66. The van der Waals surface area contributed by atoms with Crippen molar-refractivity contribution in [3.05, 3.63) is 35.9 Å². The van der Waals surface area contributed by atoms with Gasteiger partial charge in [0.2, 0.25) is 0 Å². The summed E-state index contributed by atoms with van der Waals surface area (Å²) in [5, 5.41) is 4.23. The molecule has 0 spiro atoms. The van der Waals surface area contributed by atoms with Crippen LogP contribution in [0.15, 0.2) is 24.7 Å². The summed E-state index contributed by atoms with van der Waals surface area (Å²) in [6.07, 6.45) is 5.48. The normalized spacial score (nSPS) is 11.0. The zero-order valence-electron chi connectivity index (χ0n) is 9.46. The first-order chi connectivity index (χ1) is 7.70. The van der Waals surface area contributed by atoms with Crippen LogP contribution >= 0.6 is 0 Å². The van der Waals surface area contributed by atoms with E-state index in [2.05, 4.69) is 28.9 Å². The average Bonchev–Trinajstić information content (AvgIpc) is 2.78. The van der Waals surface area contributed by atoms with Crippen molar-refractivity contribution in [1.82, 2.24) is 19.7 Å². The predicted octanol–water partition coefficient (Wildman–Crippen LogP) is 1.24. The summed E-state index contributed by atoms with van der Waals surface area (Å²) < 4.78 is 1.68. The van der Waals surface area contributed by atoms with Gasteiger partial charge in [-0.15, -0.1) is 0 Å². The van der Waals surface area contributed by atoms with Crippen LogP contribution in [0.1, 0.15) is 31.0 Å². The van der Waals surface area contributed by atoms with Crippen molar-refractivity contribution in [1.29, 1.82) is 0 Å². The largest absolute Gasteiger partial charge is 0.325 e. The zero-order chi connectivity index (χ0) is 11.5. The Hall–Kier alpha value is -1.75. The van der Waals surface area contributed by atoms with E-state index in [-0.39, 0.29) is 0 Å². The highest BCUT2D eigenvalue weighted by Crippen LogP contribution is 2.13. The van der Waals surface area contributed by atoms with Gasteiger partial charge in [-0.25, -0.2) is 14.6 Å². The van der Waals surface area contributed by atoms with Gasteiger partial charge < -0.3 is 5.73 Å². The maximum atomic E-state index is 5.53. The van der Waals surface area contributed by atoms with Crippen molar-refractivity contribution in [2.45, 2.75) is 26.3 Å². The predicted molar refractivity (Wildman–Crippen MR) is 61.1 cm³/mol. The lowest BCUT2D eigenvalue weighted by atomic mass is 10.1. The molecule has 5 heteroatoms. The number of hydrogen-bond donors (Lipinski definition) is 1.